The number of unbranched alkanes of at least 4 members (excludes halogenated alkanes) is 4. The van der Waals surface area contributed by atoms with Crippen LogP contribution >= 0.6 is 0 Å². The maximum absolute atomic E-state index is 11.3. The molecule has 0 saturated heterocycles. The Morgan fingerprint density at radius 1 is 1.00 bits per heavy atom. The van der Waals surface area contributed by atoms with Gasteiger partial charge >= 0.3 is 6.16 Å². The topological polar surface area (TPSA) is 35.5 Å². The van der Waals surface area contributed by atoms with Crippen LogP contribution < -0.4 is 0 Å². The van der Waals surface area contributed by atoms with Gasteiger partial charge in [-0.25, -0.2) is 4.79 Å². The lowest BCUT2D eigenvalue weighted by atomic mass is 9.92. The van der Waals surface area contributed by atoms with Crippen LogP contribution in [0.1, 0.15) is 66.2 Å². The fourth-order valence-electron chi connectivity index (χ4n) is 1.26. The summed E-state index contributed by atoms with van der Waals surface area (Å²) < 4.78 is 10.1. The highest BCUT2D eigenvalue weighted by atomic mass is 16.7. The molecule has 0 heterocycles. The zero-order valence-corrected chi connectivity index (χ0v) is 11.9. The molecule has 102 valence electrons. The largest absolute Gasteiger partial charge is 0.508 e. The summed E-state index contributed by atoms with van der Waals surface area (Å²) in [6, 6.07) is 0. The summed E-state index contributed by atoms with van der Waals surface area (Å²) in [4.78, 5) is 11.3. The van der Waals surface area contributed by atoms with E-state index in [1.54, 1.807) is 0 Å². The Bertz CT molecular complexity index is 200. The predicted molar refractivity (Wildman–Crippen MR) is 70.1 cm³/mol. The van der Waals surface area contributed by atoms with Crippen molar-refractivity contribution in [2.75, 3.05) is 13.2 Å². The average Bonchev–Trinajstić information content (AvgIpc) is 2.31. The molecular weight excluding hydrogens is 216 g/mol. The van der Waals surface area contributed by atoms with Crippen molar-refractivity contribution in [3.05, 3.63) is 0 Å². The normalized spacial score (nSPS) is 11.3. The fraction of sp³-hybridized carbons (Fsp3) is 0.929. The Balaban J connectivity index is 3.41. The van der Waals surface area contributed by atoms with Crippen LogP contribution in [0.4, 0.5) is 4.79 Å². The first kappa shape index (κ1) is 16.3. The lowest BCUT2D eigenvalue weighted by molar-refractivity contribution is 0.0279. The molecule has 0 unspecified atom stereocenters. The molecule has 3 heteroatoms. The van der Waals surface area contributed by atoms with Crippen molar-refractivity contribution in [3.8, 4) is 0 Å². The van der Waals surface area contributed by atoms with Crippen molar-refractivity contribution >= 4 is 6.16 Å². The van der Waals surface area contributed by atoms with Gasteiger partial charge in [-0.15, -0.1) is 0 Å². The molecule has 0 atom stereocenters. The molecule has 0 bridgehead atoms. The molecule has 0 aromatic rings. The summed E-state index contributed by atoms with van der Waals surface area (Å²) in [6.45, 7) is 9.33. The Labute approximate surface area is 106 Å². The van der Waals surface area contributed by atoms with Crippen molar-refractivity contribution in [2.45, 2.75) is 66.2 Å². The monoisotopic (exact) mass is 244 g/mol. The molecule has 0 saturated carbocycles. The predicted octanol–water partition coefficient (Wildman–Crippen LogP) is 4.55. The van der Waals surface area contributed by atoms with Crippen molar-refractivity contribution in [2.24, 2.45) is 5.41 Å². The summed E-state index contributed by atoms with van der Waals surface area (Å²) in [5.41, 5.74) is 0.0418. The van der Waals surface area contributed by atoms with Gasteiger partial charge in [-0.05, 0) is 18.3 Å². The molecule has 0 N–H and O–H groups in total. The Morgan fingerprint density at radius 2 is 1.65 bits per heavy atom. The molecule has 0 amide bonds. The minimum atomic E-state index is -0.526. The van der Waals surface area contributed by atoms with Crippen LogP contribution in [0.5, 0.6) is 0 Å². The number of hydrogen-bond acceptors (Lipinski definition) is 3. The average molecular weight is 244 g/mol. The van der Waals surface area contributed by atoms with Crippen LogP contribution in [-0.4, -0.2) is 19.4 Å². The van der Waals surface area contributed by atoms with Gasteiger partial charge < -0.3 is 9.47 Å². The number of rotatable bonds is 9. The second kappa shape index (κ2) is 9.32. The fourth-order valence-corrected chi connectivity index (χ4v) is 1.26. The van der Waals surface area contributed by atoms with Crippen LogP contribution in [-0.2, 0) is 9.47 Å². The smallest absolute Gasteiger partial charge is 0.434 e. The summed E-state index contributed by atoms with van der Waals surface area (Å²) in [5, 5.41) is 0. The standard InChI is InChI=1S/C14H28O3/c1-5-7-8-9-10-11-16-13(15)17-12-14(3,4)6-2/h5-12H2,1-4H3. The second-order valence-electron chi connectivity index (χ2n) is 5.32. The maximum Gasteiger partial charge on any atom is 0.508 e. The molecule has 0 spiro atoms. The van der Waals surface area contributed by atoms with E-state index in [2.05, 4.69) is 27.7 Å². The van der Waals surface area contributed by atoms with Crippen LogP contribution in [0.25, 0.3) is 0 Å². The van der Waals surface area contributed by atoms with Gasteiger partial charge in [-0.2, -0.15) is 0 Å². The Kier molecular flexibility index (Phi) is 8.92. The molecule has 0 rings (SSSR count). The van der Waals surface area contributed by atoms with Gasteiger partial charge in [-0.3, -0.25) is 0 Å². The Hall–Kier alpha value is -0.730. The van der Waals surface area contributed by atoms with E-state index in [-0.39, 0.29) is 5.41 Å². The molecule has 0 aliphatic heterocycles. The van der Waals surface area contributed by atoms with E-state index in [1.807, 2.05) is 0 Å². The second-order valence-corrected chi connectivity index (χ2v) is 5.32. The zero-order valence-electron chi connectivity index (χ0n) is 11.9. The van der Waals surface area contributed by atoms with Gasteiger partial charge in [-0.1, -0.05) is 53.4 Å². The van der Waals surface area contributed by atoms with E-state index >= 15 is 0 Å². The quantitative estimate of drug-likeness (QED) is 0.441. The molecule has 0 aliphatic carbocycles. The molecule has 17 heavy (non-hydrogen) atoms. The van der Waals surface area contributed by atoms with E-state index in [4.69, 9.17) is 9.47 Å². The molecule has 3 nitrogen and oxygen atoms in total. The van der Waals surface area contributed by atoms with E-state index in [0.29, 0.717) is 13.2 Å². The van der Waals surface area contributed by atoms with Crippen LogP contribution in [0.3, 0.4) is 0 Å². The highest BCUT2D eigenvalue weighted by molar-refractivity contribution is 5.59. The third kappa shape index (κ3) is 10.2. The first-order valence-corrected chi connectivity index (χ1v) is 6.81. The van der Waals surface area contributed by atoms with Gasteiger partial charge in [0.2, 0.25) is 0 Å². The van der Waals surface area contributed by atoms with Gasteiger partial charge in [0, 0.05) is 0 Å². The Morgan fingerprint density at radius 3 is 2.24 bits per heavy atom. The minimum absolute atomic E-state index is 0.0418. The molecule has 0 aliphatic rings. The lowest BCUT2D eigenvalue weighted by Gasteiger charge is -2.21. The van der Waals surface area contributed by atoms with E-state index < -0.39 is 6.16 Å². The number of ether oxygens (including phenoxy) is 2. The minimum Gasteiger partial charge on any atom is -0.434 e. The van der Waals surface area contributed by atoms with Gasteiger partial charge in [0.1, 0.15) is 0 Å². The lowest BCUT2D eigenvalue weighted by Crippen LogP contribution is -2.21. The highest BCUT2D eigenvalue weighted by Crippen LogP contribution is 2.19. The van der Waals surface area contributed by atoms with Crippen molar-refractivity contribution in [1.82, 2.24) is 0 Å². The third-order valence-electron chi connectivity index (χ3n) is 3.01. The molecule has 0 radical (unpaired) electrons. The number of carbonyl (C=O) groups is 1. The summed E-state index contributed by atoms with van der Waals surface area (Å²) in [5.74, 6) is 0. The van der Waals surface area contributed by atoms with Crippen molar-refractivity contribution in [3.63, 3.8) is 0 Å². The van der Waals surface area contributed by atoms with Crippen LogP contribution in [0.15, 0.2) is 0 Å². The highest BCUT2D eigenvalue weighted by Gasteiger charge is 2.18. The number of hydrogen-bond donors (Lipinski definition) is 0. The molecule has 0 aromatic heterocycles. The summed E-state index contributed by atoms with van der Waals surface area (Å²) in [7, 11) is 0. The van der Waals surface area contributed by atoms with E-state index in [9.17, 15) is 4.79 Å². The summed E-state index contributed by atoms with van der Waals surface area (Å²) in [6.07, 6.45) is 6.23. The third-order valence-corrected chi connectivity index (χ3v) is 3.01. The van der Waals surface area contributed by atoms with Crippen LogP contribution in [0, 0.1) is 5.41 Å². The van der Waals surface area contributed by atoms with Crippen molar-refractivity contribution < 1.29 is 14.3 Å². The van der Waals surface area contributed by atoms with Crippen molar-refractivity contribution in [1.29, 1.82) is 0 Å². The molecular formula is C14H28O3. The van der Waals surface area contributed by atoms with Crippen LogP contribution in [0.2, 0.25) is 0 Å². The first-order chi connectivity index (χ1) is 8.02. The zero-order chi connectivity index (χ0) is 13.1. The number of carbonyl (C=O) groups excluding carboxylic acids is 1. The summed E-state index contributed by atoms with van der Waals surface area (Å²) >= 11 is 0. The van der Waals surface area contributed by atoms with Gasteiger partial charge in [0.25, 0.3) is 0 Å². The molecule has 0 fully saturated rings. The van der Waals surface area contributed by atoms with E-state index in [1.165, 1.54) is 19.3 Å². The van der Waals surface area contributed by atoms with E-state index in [0.717, 1.165) is 19.3 Å². The first-order valence-electron chi connectivity index (χ1n) is 6.81. The molecule has 0 aromatic carbocycles. The van der Waals surface area contributed by atoms with Gasteiger partial charge in [0.15, 0.2) is 0 Å². The van der Waals surface area contributed by atoms with Gasteiger partial charge in [0.05, 0.1) is 13.2 Å². The SMILES string of the molecule is CCCCCCCOC(=O)OCC(C)(C)CC. The maximum atomic E-state index is 11.3.